The topological polar surface area (TPSA) is 59.4 Å². The highest BCUT2D eigenvalue weighted by molar-refractivity contribution is 8.00. The first-order valence-electron chi connectivity index (χ1n) is 11.7. The summed E-state index contributed by atoms with van der Waals surface area (Å²) >= 11 is 1.31. The maximum absolute atomic E-state index is 11.6. The van der Waals surface area contributed by atoms with Crippen molar-refractivity contribution in [2.75, 3.05) is 6.61 Å². The van der Waals surface area contributed by atoms with Gasteiger partial charge in [0.15, 0.2) is 0 Å². The SMILES string of the molecule is CCC(C)(C)c1ccc(OCCCCC(Sc2ccccn2)C(=O)O)c(C(C)(C)CC)c1. The average molecular weight is 458 g/mol. The Bertz CT molecular complexity index is 864. The highest BCUT2D eigenvalue weighted by Gasteiger charge is 2.26. The van der Waals surface area contributed by atoms with Crippen molar-refractivity contribution in [1.82, 2.24) is 4.98 Å². The van der Waals surface area contributed by atoms with Crippen LogP contribution in [0, 0.1) is 0 Å². The van der Waals surface area contributed by atoms with Gasteiger partial charge in [0.05, 0.1) is 11.6 Å². The molecule has 5 heteroatoms. The van der Waals surface area contributed by atoms with Gasteiger partial charge in [0.25, 0.3) is 0 Å². The van der Waals surface area contributed by atoms with Crippen LogP contribution in [-0.2, 0) is 15.6 Å². The Kier molecular flexibility index (Phi) is 9.63. The predicted octanol–water partition coefficient (Wildman–Crippen LogP) is 7.25. The van der Waals surface area contributed by atoms with Crippen molar-refractivity contribution in [3.8, 4) is 5.75 Å². The van der Waals surface area contributed by atoms with Gasteiger partial charge in [0.1, 0.15) is 11.0 Å². The van der Waals surface area contributed by atoms with Gasteiger partial charge in [-0.2, -0.15) is 0 Å². The molecular weight excluding hydrogens is 418 g/mol. The van der Waals surface area contributed by atoms with E-state index in [2.05, 4.69) is 64.7 Å². The molecule has 1 aromatic heterocycles. The number of pyridine rings is 1. The molecule has 176 valence electrons. The number of carbonyl (C=O) groups is 1. The molecule has 2 rings (SSSR count). The number of hydrogen-bond acceptors (Lipinski definition) is 4. The summed E-state index contributed by atoms with van der Waals surface area (Å²) in [5.74, 6) is 0.160. The van der Waals surface area contributed by atoms with Crippen LogP contribution in [-0.4, -0.2) is 27.9 Å². The largest absolute Gasteiger partial charge is 0.493 e. The van der Waals surface area contributed by atoms with Gasteiger partial charge in [-0.25, -0.2) is 4.98 Å². The number of unbranched alkanes of at least 4 members (excludes halogenated alkanes) is 1. The number of aliphatic carboxylic acids is 1. The molecule has 1 aromatic carbocycles. The molecule has 32 heavy (non-hydrogen) atoms. The van der Waals surface area contributed by atoms with E-state index in [0.29, 0.717) is 13.0 Å². The highest BCUT2D eigenvalue weighted by Crippen LogP contribution is 2.38. The first-order valence-corrected chi connectivity index (χ1v) is 12.6. The molecule has 1 atom stereocenters. The third-order valence-corrected chi connectivity index (χ3v) is 7.76. The molecule has 0 radical (unpaired) electrons. The number of carboxylic acids is 1. The number of carboxylic acid groups (broad SMARTS) is 1. The molecule has 1 N–H and O–H groups in total. The molecule has 1 heterocycles. The minimum absolute atomic E-state index is 0.0306. The number of hydrogen-bond donors (Lipinski definition) is 1. The number of thioether (sulfide) groups is 1. The first-order chi connectivity index (χ1) is 15.1. The third kappa shape index (κ3) is 7.26. The summed E-state index contributed by atoms with van der Waals surface area (Å²) in [7, 11) is 0. The van der Waals surface area contributed by atoms with Crippen LogP contribution in [0.15, 0.2) is 47.6 Å². The zero-order chi connectivity index (χ0) is 23.8. The lowest BCUT2D eigenvalue weighted by Gasteiger charge is -2.30. The Morgan fingerprint density at radius 3 is 2.38 bits per heavy atom. The summed E-state index contributed by atoms with van der Waals surface area (Å²) < 4.78 is 6.22. The standard InChI is InChI=1S/C27H39NO3S/c1-7-26(3,4)20-15-16-22(21(19-20)27(5,6)8-2)31-18-12-10-13-23(25(29)30)32-24-14-9-11-17-28-24/h9,11,14-17,19,23H,7-8,10,12-13,18H2,1-6H3,(H,29,30). The van der Waals surface area contributed by atoms with Crippen LogP contribution in [0.1, 0.15) is 84.8 Å². The van der Waals surface area contributed by atoms with Gasteiger partial charge in [0.2, 0.25) is 0 Å². The molecule has 0 saturated heterocycles. The fourth-order valence-corrected chi connectivity index (χ4v) is 4.37. The molecule has 4 nitrogen and oxygen atoms in total. The highest BCUT2D eigenvalue weighted by atomic mass is 32.2. The summed E-state index contributed by atoms with van der Waals surface area (Å²) in [5.41, 5.74) is 2.77. The second-order valence-electron chi connectivity index (χ2n) is 9.64. The summed E-state index contributed by atoms with van der Waals surface area (Å²) in [6.07, 6.45) is 6.02. The lowest BCUT2D eigenvalue weighted by molar-refractivity contribution is -0.136. The lowest BCUT2D eigenvalue weighted by atomic mass is 9.76. The van der Waals surface area contributed by atoms with Crippen molar-refractivity contribution in [2.45, 2.75) is 94.8 Å². The minimum Gasteiger partial charge on any atom is -0.493 e. The van der Waals surface area contributed by atoms with E-state index in [1.807, 2.05) is 18.2 Å². The van der Waals surface area contributed by atoms with E-state index >= 15 is 0 Å². The van der Waals surface area contributed by atoms with E-state index in [9.17, 15) is 9.90 Å². The maximum Gasteiger partial charge on any atom is 0.317 e. The number of rotatable bonds is 13. The summed E-state index contributed by atoms with van der Waals surface area (Å²) in [6, 6.07) is 12.2. The van der Waals surface area contributed by atoms with E-state index in [1.54, 1.807) is 6.20 Å². The molecule has 0 aliphatic heterocycles. The Morgan fingerprint density at radius 1 is 1.06 bits per heavy atom. The van der Waals surface area contributed by atoms with Crippen LogP contribution >= 0.6 is 11.8 Å². The molecular formula is C27H39NO3S. The van der Waals surface area contributed by atoms with Crippen LogP contribution in [0.2, 0.25) is 0 Å². The summed E-state index contributed by atoms with van der Waals surface area (Å²) in [5, 5.41) is 9.81. The minimum atomic E-state index is -0.789. The van der Waals surface area contributed by atoms with Crippen LogP contribution < -0.4 is 4.74 Å². The van der Waals surface area contributed by atoms with Gasteiger partial charge < -0.3 is 9.84 Å². The average Bonchev–Trinajstić information content (AvgIpc) is 2.78. The van der Waals surface area contributed by atoms with Crippen molar-refractivity contribution >= 4 is 17.7 Å². The number of benzene rings is 1. The van der Waals surface area contributed by atoms with Crippen LogP contribution in [0.25, 0.3) is 0 Å². The fourth-order valence-electron chi connectivity index (χ4n) is 3.41. The Morgan fingerprint density at radius 2 is 1.78 bits per heavy atom. The quantitative estimate of drug-likeness (QED) is 0.253. The van der Waals surface area contributed by atoms with Crippen molar-refractivity contribution in [3.05, 3.63) is 53.7 Å². The van der Waals surface area contributed by atoms with Gasteiger partial charge in [-0.1, -0.05) is 71.5 Å². The summed E-state index contributed by atoms with van der Waals surface area (Å²) in [4.78, 5) is 15.9. The van der Waals surface area contributed by atoms with E-state index in [-0.39, 0.29) is 10.8 Å². The van der Waals surface area contributed by atoms with E-state index in [4.69, 9.17) is 4.74 Å². The van der Waals surface area contributed by atoms with Crippen molar-refractivity contribution in [2.24, 2.45) is 0 Å². The Labute approximate surface area is 198 Å². The van der Waals surface area contributed by atoms with Gasteiger partial charge in [0, 0.05) is 11.8 Å². The van der Waals surface area contributed by atoms with Crippen LogP contribution in [0.4, 0.5) is 0 Å². The van der Waals surface area contributed by atoms with Gasteiger partial charge in [-0.15, -0.1) is 0 Å². The second kappa shape index (κ2) is 11.7. The zero-order valence-corrected chi connectivity index (χ0v) is 21.3. The molecule has 0 bridgehead atoms. The van der Waals surface area contributed by atoms with Crippen molar-refractivity contribution in [1.29, 1.82) is 0 Å². The molecule has 0 aliphatic rings. The number of nitrogens with zero attached hydrogens (tertiary/aromatic N) is 1. The maximum atomic E-state index is 11.6. The smallest absolute Gasteiger partial charge is 0.317 e. The van der Waals surface area contributed by atoms with E-state index < -0.39 is 11.2 Å². The first kappa shape index (κ1) is 26.2. The second-order valence-corrected chi connectivity index (χ2v) is 10.9. The molecule has 0 aliphatic carbocycles. The Balaban J connectivity index is 1.98. The van der Waals surface area contributed by atoms with Crippen molar-refractivity contribution in [3.63, 3.8) is 0 Å². The van der Waals surface area contributed by atoms with E-state index in [0.717, 1.165) is 36.5 Å². The molecule has 1 unspecified atom stereocenters. The number of ether oxygens (including phenoxy) is 1. The Hall–Kier alpha value is -2.01. The fraction of sp³-hybridized carbons (Fsp3) is 0.556. The molecule has 0 saturated carbocycles. The van der Waals surface area contributed by atoms with Crippen LogP contribution in [0.5, 0.6) is 5.75 Å². The molecule has 2 aromatic rings. The lowest BCUT2D eigenvalue weighted by Crippen LogP contribution is -2.21. The molecule has 0 spiro atoms. The normalized spacial score (nSPS) is 13.1. The third-order valence-electron chi connectivity index (χ3n) is 6.55. The van der Waals surface area contributed by atoms with Crippen LogP contribution in [0.3, 0.4) is 0 Å². The van der Waals surface area contributed by atoms with Crippen molar-refractivity contribution < 1.29 is 14.6 Å². The van der Waals surface area contributed by atoms with Gasteiger partial charge in [-0.3, -0.25) is 4.79 Å². The number of aromatic nitrogens is 1. The summed E-state index contributed by atoms with van der Waals surface area (Å²) in [6.45, 7) is 14.1. The molecule has 0 fully saturated rings. The predicted molar refractivity (Wildman–Crippen MR) is 134 cm³/mol. The van der Waals surface area contributed by atoms with E-state index in [1.165, 1.54) is 22.9 Å². The zero-order valence-electron chi connectivity index (χ0n) is 20.5. The monoisotopic (exact) mass is 457 g/mol. The molecule has 0 amide bonds. The van der Waals surface area contributed by atoms with Gasteiger partial charge >= 0.3 is 5.97 Å². The van der Waals surface area contributed by atoms with Gasteiger partial charge in [-0.05, 0) is 66.7 Å².